The van der Waals surface area contributed by atoms with E-state index < -0.39 is 0 Å². The van der Waals surface area contributed by atoms with Gasteiger partial charge in [0, 0.05) is 43.9 Å². The highest BCUT2D eigenvalue weighted by Crippen LogP contribution is 2.50. The van der Waals surface area contributed by atoms with Gasteiger partial charge in [-0.3, -0.25) is 0 Å². The Morgan fingerprint density at radius 1 is 0.618 bits per heavy atom. The summed E-state index contributed by atoms with van der Waals surface area (Å²) in [4.78, 5) is 0. The molecule has 0 nitrogen and oxygen atoms in total. The Hall–Kier alpha value is -1.21. The van der Waals surface area contributed by atoms with Crippen molar-refractivity contribution in [2.45, 2.75) is 64.7 Å². The lowest BCUT2D eigenvalue weighted by molar-refractivity contribution is 0.575. The predicted molar refractivity (Wildman–Crippen MR) is 167 cm³/mol. The third kappa shape index (κ3) is 4.19. The molecule has 6 rings (SSSR count). The fourth-order valence-corrected chi connectivity index (χ4v) is 10.7. The summed E-state index contributed by atoms with van der Waals surface area (Å²) in [5, 5.41) is 5.85. The van der Waals surface area contributed by atoms with Crippen molar-refractivity contribution < 1.29 is 0 Å². The summed E-state index contributed by atoms with van der Waals surface area (Å²) in [6.07, 6.45) is 12.3. The molecule has 0 bridgehead atoms. The van der Waals surface area contributed by atoms with Gasteiger partial charge in [0.1, 0.15) is 0 Å². The van der Waals surface area contributed by atoms with Gasteiger partial charge >= 0.3 is 0 Å². The molecule has 4 heteroatoms. The first-order valence-electron chi connectivity index (χ1n) is 12.6. The molecular weight excluding hydrogens is 583 g/mol. The molecule has 3 aromatic heterocycles. The molecule has 0 aliphatic carbocycles. The van der Waals surface area contributed by atoms with Gasteiger partial charge < -0.3 is 0 Å². The summed E-state index contributed by atoms with van der Waals surface area (Å²) < 4.78 is 10.1. The summed E-state index contributed by atoms with van der Waals surface area (Å²) in [6, 6.07) is 18.6. The van der Waals surface area contributed by atoms with Crippen LogP contribution in [0.2, 0.25) is 0 Å². The number of halogens is 1. The van der Waals surface area contributed by atoms with E-state index in [9.17, 15) is 0 Å². The van der Waals surface area contributed by atoms with Gasteiger partial charge in [0.15, 0.2) is 0 Å². The quantitative estimate of drug-likeness (QED) is 0.113. The third-order valence-corrected chi connectivity index (χ3v) is 11.6. The van der Waals surface area contributed by atoms with Gasteiger partial charge in [0.05, 0.1) is 9.40 Å². The molecule has 0 atom stereocenters. The molecule has 6 aromatic rings. The minimum atomic E-state index is 1.21. The average Bonchev–Trinajstić information content (AvgIpc) is 3.49. The largest absolute Gasteiger partial charge is 0.135 e. The third-order valence-electron chi connectivity index (χ3n) is 7.03. The highest BCUT2D eigenvalue weighted by atomic mass is 127. The van der Waals surface area contributed by atoms with Gasteiger partial charge in [-0.15, -0.1) is 34.0 Å². The molecule has 0 N–H and O–H groups in total. The Morgan fingerprint density at radius 3 is 2.24 bits per heavy atom. The Kier molecular flexibility index (Phi) is 6.85. The number of aryl methyl sites for hydroxylation is 1. The molecule has 0 aliphatic rings. The molecule has 0 saturated carbocycles. The van der Waals surface area contributed by atoms with Crippen LogP contribution in [0, 0.1) is 3.57 Å². The average molecular weight is 613 g/mol. The van der Waals surface area contributed by atoms with E-state index in [0.29, 0.717) is 0 Å². The van der Waals surface area contributed by atoms with E-state index in [1.165, 1.54) is 117 Å². The van der Waals surface area contributed by atoms with Crippen LogP contribution in [0.15, 0.2) is 48.5 Å². The smallest absolute Gasteiger partial charge is 0.0553 e. The lowest BCUT2D eigenvalue weighted by atomic mass is 10.0. The zero-order valence-corrected chi connectivity index (χ0v) is 24.2. The molecule has 3 aromatic carbocycles. The molecule has 34 heavy (non-hydrogen) atoms. The monoisotopic (exact) mass is 612 g/mol. The van der Waals surface area contributed by atoms with Crippen molar-refractivity contribution >= 4 is 106 Å². The molecule has 0 fully saturated rings. The van der Waals surface area contributed by atoms with Crippen molar-refractivity contribution in [1.29, 1.82) is 0 Å². The number of thiophene rings is 3. The molecule has 0 unspecified atom stereocenters. The van der Waals surface area contributed by atoms with Crippen molar-refractivity contribution in [3.05, 3.63) is 57.7 Å². The van der Waals surface area contributed by atoms with Gasteiger partial charge in [0.25, 0.3) is 0 Å². The van der Waals surface area contributed by atoms with Crippen molar-refractivity contribution in [2.75, 3.05) is 0 Å². The maximum atomic E-state index is 2.56. The van der Waals surface area contributed by atoms with Crippen LogP contribution in [-0.2, 0) is 6.42 Å². The first-order valence-corrected chi connectivity index (χ1v) is 16.1. The Balaban J connectivity index is 1.34. The normalized spacial score (nSPS) is 12.3. The SMILES string of the molecule is CCCCCCCCCCc1ccc2sc3cc(I)c4c5sc6ccccc6c5sc4c3c2c1. The Labute approximate surface area is 227 Å². The number of rotatable bonds is 9. The second-order valence-corrected chi connectivity index (χ2v) is 13.8. The van der Waals surface area contributed by atoms with Gasteiger partial charge in [-0.25, -0.2) is 0 Å². The number of fused-ring (bicyclic) bond motifs is 9. The standard InChI is InChI=1S/C30H29IS3/c1-2-3-4-5-6-7-8-9-12-19-15-16-24-21(17-19)26-25(32-24)18-22(31)27-29(26)34-28-20-13-10-11-14-23(20)33-30(27)28/h10-11,13-18H,2-9,12H2,1H3. The number of hydrogen-bond donors (Lipinski definition) is 0. The summed E-state index contributed by atoms with van der Waals surface area (Å²) in [6.45, 7) is 2.29. The molecule has 0 radical (unpaired) electrons. The van der Waals surface area contributed by atoms with Crippen LogP contribution in [0.5, 0.6) is 0 Å². The van der Waals surface area contributed by atoms with E-state index in [-0.39, 0.29) is 0 Å². The van der Waals surface area contributed by atoms with Crippen LogP contribution < -0.4 is 0 Å². The van der Waals surface area contributed by atoms with E-state index >= 15 is 0 Å². The highest BCUT2D eigenvalue weighted by Gasteiger charge is 2.19. The minimum absolute atomic E-state index is 1.21. The first kappa shape index (κ1) is 23.2. The lowest BCUT2D eigenvalue weighted by Gasteiger charge is -2.04. The maximum Gasteiger partial charge on any atom is 0.0553 e. The second kappa shape index (κ2) is 10.0. The number of hydrogen-bond acceptors (Lipinski definition) is 3. The fourth-order valence-electron chi connectivity index (χ4n) is 5.24. The van der Waals surface area contributed by atoms with E-state index in [2.05, 4.69) is 78.0 Å². The molecular formula is C30H29IS3. The number of unbranched alkanes of at least 4 members (excludes halogenated alkanes) is 7. The van der Waals surface area contributed by atoms with E-state index in [1.54, 1.807) is 0 Å². The van der Waals surface area contributed by atoms with Crippen molar-refractivity contribution in [3.8, 4) is 0 Å². The summed E-state index contributed by atoms with van der Waals surface area (Å²) in [5.74, 6) is 0. The molecule has 0 spiro atoms. The van der Waals surface area contributed by atoms with Crippen LogP contribution in [0.3, 0.4) is 0 Å². The van der Waals surface area contributed by atoms with Crippen LogP contribution in [0.25, 0.3) is 49.7 Å². The molecule has 3 heterocycles. The zero-order chi connectivity index (χ0) is 23.1. The minimum Gasteiger partial charge on any atom is -0.135 e. The van der Waals surface area contributed by atoms with Crippen LogP contribution in [0.1, 0.15) is 63.9 Å². The topological polar surface area (TPSA) is 0 Å². The van der Waals surface area contributed by atoms with Crippen LogP contribution >= 0.6 is 56.6 Å². The zero-order valence-electron chi connectivity index (χ0n) is 19.6. The van der Waals surface area contributed by atoms with E-state index in [4.69, 9.17) is 0 Å². The fraction of sp³-hybridized carbons (Fsp3) is 0.333. The van der Waals surface area contributed by atoms with E-state index in [0.717, 1.165) is 0 Å². The Bertz CT molecular complexity index is 1610. The van der Waals surface area contributed by atoms with Crippen molar-refractivity contribution in [2.24, 2.45) is 0 Å². The van der Waals surface area contributed by atoms with E-state index in [1.807, 2.05) is 34.0 Å². The van der Waals surface area contributed by atoms with Gasteiger partial charge in [-0.2, -0.15) is 0 Å². The van der Waals surface area contributed by atoms with Gasteiger partial charge in [0.2, 0.25) is 0 Å². The predicted octanol–water partition coefficient (Wildman–Crippen LogP) is 11.9. The van der Waals surface area contributed by atoms with Gasteiger partial charge in [-0.1, -0.05) is 76.1 Å². The molecule has 0 amide bonds. The van der Waals surface area contributed by atoms with Crippen molar-refractivity contribution in [1.82, 2.24) is 0 Å². The summed E-state index contributed by atoms with van der Waals surface area (Å²) >= 11 is 8.50. The maximum absolute atomic E-state index is 2.56. The second-order valence-electron chi connectivity index (χ2n) is 9.45. The number of benzene rings is 3. The highest BCUT2D eigenvalue weighted by molar-refractivity contribution is 14.1. The molecule has 174 valence electrons. The molecule has 0 aliphatic heterocycles. The summed E-state index contributed by atoms with van der Waals surface area (Å²) in [5.41, 5.74) is 1.51. The van der Waals surface area contributed by atoms with Crippen LogP contribution in [-0.4, -0.2) is 0 Å². The van der Waals surface area contributed by atoms with Crippen molar-refractivity contribution in [3.63, 3.8) is 0 Å². The summed E-state index contributed by atoms with van der Waals surface area (Å²) in [7, 11) is 0. The van der Waals surface area contributed by atoms with Gasteiger partial charge in [-0.05, 0) is 65.3 Å². The Morgan fingerprint density at radius 2 is 1.38 bits per heavy atom. The van der Waals surface area contributed by atoms with Crippen LogP contribution in [0.4, 0.5) is 0 Å². The molecule has 0 saturated heterocycles. The lowest BCUT2D eigenvalue weighted by Crippen LogP contribution is -1.86. The first-order chi connectivity index (χ1) is 16.7.